The number of halogens is 1. The van der Waals surface area contributed by atoms with E-state index < -0.39 is 0 Å². The van der Waals surface area contributed by atoms with Gasteiger partial charge in [0.1, 0.15) is 0 Å². The molecular formula is C16H24ClNS. The van der Waals surface area contributed by atoms with Gasteiger partial charge < -0.3 is 5.32 Å². The van der Waals surface area contributed by atoms with Crippen molar-refractivity contribution in [3.8, 4) is 0 Å². The Morgan fingerprint density at radius 2 is 1.79 bits per heavy atom. The predicted octanol–water partition coefficient (Wildman–Crippen LogP) is 4.88. The third-order valence-corrected chi connectivity index (χ3v) is 5.70. The Morgan fingerprint density at radius 3 is 2.47 bits per heavy atom. The van der Waals surface area contributed by atoms with Crippen molar-refractivity contribution >= 4 is 23.4 Å². The zero-order valence-electron chi connectivity index (χ0n) is 11.7. The first-order chi connectivity index (χ1) is 9.29. The van der Waals surface area contributed by atoms with Gasteiger partial charge in [0, 0.05) is 22.1 Å². The van der Waals surface area contributed by atoms with Gasteiger partial charge in [-0.15, -0.1) is 0 Å². The quantitative estimate of drug-likeness (QED) is 0.849. The lowest BCUT2D eigenvalue weighted by molar-refractivity contribution is 0.420. The van der Waals surface area contributed by atoms with Crippen LogP contribution < -0.4 is 5.32 Å². The van der Waals surface area contributed by atoms with Crippen molar-refractivity contribution in [3.63, 3.8) is 0 Å². The topological polar surface area (TPSA) is 12.0 Å². The Balaban J connectivity index is 1.89. The van der Waals surface area contributed by atoms with Crippen LogP contribution in [0.1, 0.15) is 44.1 Å². The summed E-state index contributed by atoms with van der Waals surface area (Å²) < 4.78 is 0. The van der Waals surface area contributed by atoms with Crippen LogP contribution in [0.5, 0.6) is 0 Å². The largest absolute Gasteiger partial charge is 0.316 e. The molecule has 1 saturated carbocycles. The number of benzene rings is 1. The van der Waals surface area contributed by atoms with E-state index in [1.807, 2.05) is 12.1 Å². The maximum atomic E-state index is 5.93. The molecule has 0 aromatic heterocycles. The lowest BCUT2D eigenvalue weighted by Gasteiger charge is -2.28. The van der Waals surface area contributed by atoms with Crippen LogP contribution in [-0.2, 0) is 5.75 Å². The van der Waals surface area contributed by atoms with Gasteiger partial charge in [-0.2, -0.15) is 11.8 Å². The highest BCUT2D eigenvalue weighted by Gasteiger charge is 2.21. The number of thioether (sulfide) groups is 1. The van der Waals surface area contributed by atoms with Crippen molar-refractivity contribution in [3.05, 3.63) is 34.9 Å². The van der Waals surface area contributed by atoms with Gasteiger partial charge in [-0.3, -0.25) is 0 Å². The molecule has 0 aliphatic heterocycles. The Bertz CT molecular complexity index is 366. The maximum Gasteiger partial charge on any atom is 0.0406 e. The Hall–Kier alpha value is -0.180. The van der Waals surface area contributed by atoms with E-state index in [0.29, 0.717) is 6.04 Å². The summed E-state index contributed by atoms with van der Waals surface area (Å²) in [6, 6.07) is 8.95. The van der Waals surface area contributed by atoms with Crippen molar-refractivity contribution in [2.75, 3.05) is 7.05 Å². The molecule has 1 aliphatic rings. The smallest absolute Gasteiger partial charge is 0.0406 e. The van der Waals surface area contributed by atoms with Crippen molar-refractivity contribution in [2.45, 2.75) is 55.6 Å². The molecule has 2 atom stereocenters. The Labute approximate surface area is 126 Å². The molecule has 1 aliphatic carbocycles. The van der Waals surface area contributed by atoms with Crippen molar-refractivity contribution in [1.29, 1.82) is 0 Å². The average molecular weight is 298 g/mol. The SMILES string of the molecule is CNC1CCCCCCC1SCc1ccc(Cl)cc1. The molecule has 2 unspecified atom stereocenters. The molecule has 1 N–H and O–H groups in total. The van der Waals surface area contributed by atoms with Gasteiger partial charge in [0.05, 0.1) is 0 Å². The van der Waals surface area contributed by atoms with E-state index in [2.05, 4.69) is 36.3 Å². The first-order valence-corrected chi connectivity index (χ1v) is 8.75. The second-order valence-electron chi connectivity index (χ2n) is 5.36. The van der Waals surface area contributed by atoms with Gasteiger partial charge in [0.25, 0.3) is 0 Å². The van der Waals surface area contributed by atoms with Crippen molar-refractivity contribution in [2.24, 2.45) is 0 Å². The summed E-state index contributed by atoms with van der Waals surface area (Å²) in [5, 5.41) is 5.10. The van der Waals surface area contributed by atoms with Crippen LogP contribution in [0.15, 0.2) is 24.3 Å². The number of hydrogen-bond donors (Lipinski definition) is 1. The number of nitrogens with one attached hydrogen (secondary N) is 1. The van der Waals surface area contributed by atoms with Crippen LogP contribution >= 0.6 is 23.4 Å². The summed E-state index contributed by atoms with van der Waals surface area (Å²) in [7, 11) is 2.11. The van der Waals surface area contributed by atoms with Crippen molar-refractivity contribution < 1.29 is 0 Å². The molecule has 0 amide bonds. The fraction of sp³-hybridized carbons (Fsp3) is 0.625. The molecule has 106 valence electrons. The maximum absolute atomic E-state index is 5.93. The molecule has 1 nitrogen and oxygen atoms in total. The lowest BCUT2D eigenvalue weighted by atomic mass is 9.96. The van der Waals surface area contributed by atoms with Crippen LogP contribution in [0.3, 0.4) is 0 Å². The number of rotatable bonds is 4. The van der Waals surface area contributed by atoms with Crippen LogP contribution in [0.25, 0.3) is 0 Å². The van der Waals surface area contributed by atoms with Gasteiger partial charge >= 0.3 is 0 Å². The third kappa shape index (κ3) is 5.02. The van der Waals surface area contributed by atoms with E-state index in [0.717, 1.165) is 16.0 Å². The van der Waals surface area contributed by atoms with Gasteiger partial charge in [-0.25, -0.2) is 0 Å². The van der Waals surface area contributed by atoms with E-state index in [1.165, 1.54) is 44.1 Å². The first-order valence-electron chi connectivity index (χ1n) is 7.33. The molecule has 0 bridgehead atoms. The van der Waals surface area contributed by atoms with Gasteiger partial charge in [-0.05, 0) is 37.6 Å². The molecular weight excluding hydrogens is 274 g/mol. The highest BCUT2D eigenvalue weighted by molar-refractivity contribution is 7.99. The standard InChI is InChI=1S/C16H24ClNS/c1-18-15-6-4-2-3-5-7-16(15)19-12-13-8-10-14(17)11-9-13/h8-11,15-16,18H,2-7,12H2,1H3. The first kappa shape index (κ1) is 15.2. The molecule has 0 radical (unpaired) electrons. The molecule has 1 fully saturated rings. The summed E-state index contributed by atoms with van der Waals surface area (Å²) >= 11 is 8.04. The lowest BCUT2D eigenvalue weighted by Crippen LogP contribution is -2.36. The van der Waals surface area contributed by atoms with Gasteiger partial charge in [0.15, 0.2) is 0 Å². The molecule has 2 rings (SSSR count). The summed E-state index contributed by atoms with van der Waals surface area (Å²) in [4.78, 5) is 0. The Morgan fingerprint density at radius 1 is 1.11 bits per heavy atom. The van der Waals surface area contributed by atoms with E-state index in [4.69, 9.17) is 11.6 Å². The minimum Gasteiger partial charge on any atom is -0.316 e. The van der Waals surface area contributed by atoms with E-state index in [9.17, 15) is 0 Å². The second-order valence-corrected chi connectivity index (χ2v) is 7.03. The molecule has 0 saturated heterocycles. The summed E-state index contributed by atoms with van der Waals surface area (Å²) in [6.07, 6.45) is 8.26. The zero-order chi connectivity index (χ0) is 13.5. The normalized spacial score (nSPS) is 24.7. The minimum absolute atomic E-state index is 0.678. The van der Waals surface area contributed by atoms with Gasteiger partial charge in [-0.1, -0.05) is 49.4 Å². The number of hydrogen-bond acceptors (Lipinski definition) is 2. The van der Waals surface area contributed by atoms with E-state index in [-0.39, 0.29) is 0 Å². The molecule has 19 heavy (non-hydrogen) atoms. The summed E-state index contributed by atoms with van der Waals surface area (Å²) in [5.74, 6) is 1.10. The summed E-state index contributed by atoms with van der Waals surface area (Å²) in [5.41, 5.74) is 1.38. The monoisotopic (exact) mass is 297 g/mol. The fourth-order valence-electron chi connectivity index (χ4n) is 2.76. The van der Waals surface area contributed by atoms with Crippen LogP contribution in [0.4, 0.5) is 0 Å². The highest BCUT2D eigenvalue weighted by atomic mass is 35.5. The van der Waals surface area contributed by atoms with Crippen LogP contribution in [0, 0.1) is 0 Å². The average Bonchev–Trinajstić information content (AvgIpc) is 2.40. The van der Waals surface area contributed by atoms with E-state index in [1.54, 1.807) is 0 Å². The van der Waals surface area contributed by atoms with E-state index >= 15 is 0 Å². The molecule has 0 heterocycles. The zero-order valence-corrected chi connectivity index (χ0v) is 13.3. The molecule has 3 heteroatoms. The highest BCUT2D eigenvalue weighted by Crippen LogP contribution is 2.29. The van der Waals surface area contributed by atoms with Crippen LogP contribution in [0.2, 0.25) is 5.02 Å². The molecule has 1 aromatic carbocycles. The van der Waals surface area contributed by atoms with Crippen LogP contribution in [-0.4, -0.2) is 18.3 Å². The Kier molecular flexibility index (Phi) is 6.55. The van der Waals surface area contributed by atoms with Crippen molar-refractivity contribution in [1.82, 2.24) is 5.32 Å². The second kappa shape index (κ2) is 8.18. The fourth-order valence-corrected chi connectivity index (χ4v) is 4.33. The minimum atomic E-state index is 0.678. The van der Waals surface area contributed by atoms with Gasteiger partial charge in [0.2, 0.25) is 0 Å². The predicted molar refractivity (Wildman–Crippen MR) is 87.1 cm³/mol. The molecule has 0 spiro atoms. The third-order valence-electron chi connectivity index (χ3n) is 3.95. The molecule has 1 aromatic rings. The summed E-state index contributed by atoms with van der Waals surface area (Å²) in [6.45, 7) is 0.